The number of amides is 1. The molecular formula is C20H23F2NO4. The second-order valence-corrected chi connectivity index (χ2v) is 6.56. The van der Waals surface area contributed by atoms with Crippen LogP contribution in [0, 0.1) is 11.6 Å². The highest BCUT2D eigenvalue weighted by Gasteiger charge is 2.27. The van der Waals surface area contributed by atoms with Gasteiger partial charge in [-0.3, -0.25) is 9.69 Å². The summed E-state index contributed by atoms with van der Waals surface area (Å²) < 4.78 is 44.2. The molecule has 1 aromatic heterocycles. The Bertz CT molecular complexity index is 744. The highest BCUT2D eigenvalue weighted by molar-refractivity contribution is 5.96. The Hall–Kier alpha value is -2.25. The van der Waals surface area contributed by atoms with Crippen molar-refractivity contribution in [3.05, 3.63) is 54.0 Å². The maximum atomic E-state index is 14.3. The average molecular weight is 379 g/mol. The van der Waals surface area contributed by atoms with Crippen LogP contribution in [0.5, 0.6) is 0 Å². The lowest BCUT2D eigenvalue weighted by Gasteiger charge is -2.27. The van der Waals surface area contributed by atoms with E-state index in [2.05, 4.69) is 0 Å². The van der Waals surface area contributed by atoms with E-state index < -0.39 is 23.6 Å². The normalized spacial score (nSPS) is 18.3. The van der Waals surface area contributed by atoms with Crippen LogP contribution in [0.15, 0.2) is 41.0 Å². The summed E-state index contributed by atoms with van der Waals surface area (Å²) in [7, 11) is 0. The van der Waals surface area contributed by atoms with E-state index in [1.54, 1.807) is 19.1 Å². The third-order valence-electron chi connectivity index (χ3n) is 4.51. The van der Waals surface area contributed by atoms with Crippen molar-refractivity contribution in [1.82, 2.24) is 0 Å². The standard InChI is InChI=1S/C20H23F2NO4/c1-14(27-13-17-5-2-3-9-26-17)20(24)23(12-16-6-4-10-25-16)19-8-7-15(21)11-18(19)22/h4,6-8,10-11,14,17H,2-3,5,9,12-13H2,1H3. The zero-order valence-electron chi connectivity index (χ0n) is 15.2. The van der Waals surface area contributed by atoms with Crippen LogP contribution in [-0.4, -0.2) is 31.3 Å². The minimum absolute atomic E-state index is 0.0159. The topological polar surface area (TPSA) is 51.9 Å². The molecule has 0 saturated carbocycles. The molecule has 1 saturated heterocycles. The first-order valence-corrected chi connectivity index (χ1v) is 9.06. The van der Waals surface area contributed by atoms with Gasteiger partial charge in [0.05, 0.1) is 31.2 Å². The zero-order chi connectivity index (χ0) is 19.2. The second-order valence-electron chi connectivity index (χ2n) is 6.56. The van der Waals surface area contributed by atoms with Gasteiger partial charge in [-0.1, -0.05) is 0 Å². The third-order valence-corrected chi connectivity index (χ3v) is 4.51. The summed E-state index contributed by atoms with van der Waals surface area (Å²) in [4.78, 5) is 14.1. The van der Waals surface area contributed by atoms with Gasteiger partial charge in [0.2, 0.25) is 0 Å². The maximum Gasteiger partial charge on any atom is 0.256 e. The van der Waals surface area contributed by atoms with Crippen molar-refractivity contribution in [2.45, 2.75) is 44.9 Å². The summed E-state index contributed by atoms with van der Waals surface area (Å²) in [6.45, 7) is 2.62. The molecule has 1 aliphatic heterocycles. The van der Waals surface area contributed by atoms with Crippen molar-refractivity contribution in [2.75, 3.05) is 18.1 Å². The summed E-state index contributed by atoms with van der Waals surface area (Å²) >= 11 is 0. The molecular weight excluding hydrogens is 356 g/mol. The van der Waals surface area contributed by atoms with Crippen molar-refractivity contribution in [3.63, 3.8) is 0 Å². The molecule has 1 aliphatic rings. The Morgan fingerprint density at radius 3 is 2.85 bits per heavy atom. The SMILES string of the molecule is CC(OCC1CCCCO1)C(=O)N(Cc1ccco1)c1ccc(F)cc1F. The van der Waals surface area contributed by atoms with Crippen molar-refractivity contribution in [1.29, 1.82) is 0 Å². The van der Waals surface area contributed by atoms with Crippen molar-refractivity contribution >= 4 is 11.6 Å². The molecule has 1 aromatic carbocycles. The number of benzene rings is 1. The van der Waals surface area contributed by atoms with E-state index >= 15 is 0 Å². The van der Waals surface area contributed by atoms with Crippen LogP contribution >= 0.6 is 0 Å². The predicted octanol–water partition coefficient (Wildman–Crippen LogP) is 4.07. The summed E-state index contributed by atoms with van der Waals surface area (Å²) in [5.41, 5.74) is -0.0258. The second kappa shape index (κ2) is 9.10. The number of carbonyl (C=O) groups is 1. The van der Waals surface area contributed by atoms with Gasteiger partial charge < -0.3 is 13.9 Å². The number of carbonyl (C=O) groups excluding carboxylic acids is 1. The molecule has 2 aromatic rings. The number of hydrogen-bond donors (Lipinski definition) is 0. The number of halogens is 2. The summed E-state index contributed by atoms with van der Waals surface area (Å²) in [5, 5.41) is 0. The van der Waals surface area contributed by atoms with E-state index in [4.69, 9.17) is 13.9 Å². The summed E-state index contributed by atoms with van der Waals surface area (Å²) in [6.07, 6.45) is 3.63. The fraction of sp³-hybridized carbons (Fsp3) is 0.450. The quantitative estimate of drug-likeness (QED) is 0.728. The third kappa shape index (κ3) is 5.14. The highest BCUT2D eigenvalue weighted by Crippen LogP contribution is 2.24. The van der Waals surface area contributed by atoms with Crippen molar-refractivity contribution in [3.8, 4) is 0 Å². The molecule has 7 heteroatoms. The highest BCUT2D eigenvalue weighted by atomic mass is 19.1. The van der Waals surface area contributed by atoms with Crippen LogP contribution in [-0.2, 0) is 20.8 Å². The lowest BCUT2D eigenvalue weighted by atomic mass is 10.1. The molecule has 0 aliphatic carbocycles. The fourth-order valence-corrected chi connectivity index (χ4v) is 3.02. The van der Waals surface area contributed by atoms with Crippen LogP contribution in [0.2, 0.25) is 0 Å². The molecule has 3 rings (SSSR count). The first-order valence-electron chi connectivity index (χ1n) is 9.06. The van der Waals surface area contributed by atoms with Gasteiger partial charge in [-0.15, -0.1) is 0 Å². The minimum atomic E-state index is -0.822. The number of anilines is 1. The first kappa shape index (κ1) is 19.5. The lowest BCUT2D eigenvalue weighted by molar-refractivity contribution is -0.133. The molecule has 2 atom stereocenters. The Morgan fingerprint density at radius 2 is 2.19 bits per heavy atom. The Labute approximate surface area is 156 Å². The molecule has 0 spiro atoms. The summed E-state index contributed by atoms with van der Waals surface area (Å²) in [6, 6.07) is 6.46. The largest absolute Gasteiger partial charge is 0.467 e. The number of rotatable bonds is 7. The van der Waals surface area contributed by atoms with Crippen LogP contribution in [0.25, 0.3) is 0 Å². The van der Waals surface area contributed by atoms with Gasteiger partial charge in [0.15, 0.2) is 0 Å². The molecule has 27 heavy (non-hydrogen) atoms. The van der Waals surface area contributed by atoms with Gasteiger partial charge in [-0.2, -0.15) is 0 Å². The van der Waals surface area contributed by atoms with Crippen molar-refractivity contribution in [2.24, 2.45) is 0 Å². The van der Waals surface area contributed by atoms with E-state index in [1.807, 2.05) is 0 Å². The molecule has 2 unspecified atom stereocenters. The van der Waals surface area contributed by atoms with Crippen LogP contribution in [0.3, 0.4) is 0 Å². The molecule has 0 N–H and O–H groups in total. The molecule has 0 bridgehead atoms. The Kier molecular flexibility index (Phi) is 6.58. The number of nitrogens with zero attached hydrogens (tertiary/aromatic N) is 1. The lowest BCUT2D eigenvalue weighted by Crippen LogP contribution is -2.40. The van der Waals surface area contributed by atoms with E-state index in [0.717, 1.165) is 31.4 Å². The molecule has 1 fully saturated rings. The number of ether oxygens (including phenoxy) is 2. The molecule has 5 nitrogen and oxygen atoms in total. The van der Waals surface area contributed by atoms with E-state index in [1.165, 1.54) is 17.2 Å². The number of hydrogen-bond acceptors (Lipinski definition) is 4. The van der Waals surface area contributed by atoms with E-state index in [9.17, 15) is 13.6 Å². The average Bonchev–Trinajstić information content (AvgIpc) is 3.18. The molecule has 146 valence electrons. The first-order chi connectivity index (χ1) is 13.0. The molecule has 2 heterocycles. The summed E-state index contributed by atoms with van der Waals surface area (Å²) in [5.74, 6) is -1.49. The monoisotopic (exact) mass is 379 g/mol. The number of furan rings is 1. The molecule has 1 amide bonds. The smallest absolute Gasteiger partial charge is 0.256 e. The van der Waals surface area contributed by atoms with Gasteiger partial charge in [-0.05, 0) is 50.5 Å². The van der Waals surface area contributed by atoms with Crippen LogP contribution < -0.4 is 4.90 Å². The van der Waals surface area contributed by atoms with Gasteiger partial charge in [0.25, 0.3) is 5.91 Å². The van der Waals surface area contributed by atoms with Gasteiger partial charge >= 0.3 is 0 Å². The minimum Gasteiger partial charge on any atom is -0.467 e. The Balaban J connectivity index is 1.73. The van der Waals surface area contributed by atoms with Gasteiger partial charge in [0.1, 0.15) is 23.5 Å². The van der Waals surface area contributed by atoms with Gasteiger partial charge in [0, 0.05) is 12.7 Å². The maximum absolute atomic E-state index is 14.3. The zero-order valence-corrected chi connectivity index (χ0v) is 15.2. The Morgan fingerprint density at radius 1 is 1.33 bits per heavy atom. The van der Waals surface area contributed by atoms with E-state index in [-0.39, 0.29) is 18.3 Å². The predicted molar refractivity (Wildman–Crippen MR) is 95.3 cm³/mol. The van der Waals surface area contributed by atoms with Crippen molar-refractivity contribution < 1.29 is 27.5 Å². The van der Waals surface area contributed by atoms with Crippen LogP contribution in [0.4, 0.5) is 14.5 Å². The fourth-order valence-electron chi connectivity index (χ4n) is 3.02. The van der Waals surface area contributed by atoms with E-state index in [0.29, 0.717) is 19.0 Å². The van der Waals surface area contributed by atoms with Gasteiger partial charge in [-0.25, -0.2) is 8.78 Å². The van der Waals surface area contributed by atoms with Crippen LogP contribution in [0.1, 0.15) is 31.9 Å². The molecule has 0 radical (unpaired) electrons.